The molecule has 0 saturated heterocycles. The Morgan fingerprint density at radius 1 is 1.20 bits per heavy atom. The highest BCUT2D eigenvalue weighted by Crippen LogP contribution is 2.30. The van der Waals surface area contributed by atoms with Gasteiger partial charge in [-0.1, -0.05) is 18.2 Å². The van der Waals surface area contributed by atoms with Gasteiger partial charge in [-0.3, -0.25) is 4.90 Å². The lowest BCUT2D eigenvalue weighted by molar-refractivity contribution is 0.279. The molecule has 1 heterocycles. The number of hydrogen-bond acceptors (Lipinski definition) is 5. The van der Waals surface area contributed by atoms with Crippen LogP contribution in [0.4, 0.5) is 0 Å². The second-order valence-corrected chi connectivity index (χ2v) is 8.47. The smallest absolute Gasteiger partial charge is 0.175 e. The summed E-state index contributed by atoms with van der Waals surface area (Å²) < 4.78 is 29.0. The first kappa shape index (κ1) is 17.8. The van der Waals surface area contributed by atoms with Crippen molar-refractivity contribution in [2.45, 2.75) is 30.8 Å². The van der Waals surface area contributed by atoms with Crippen LogP contribution in [0.15, 0.2) is 41.3 Å². The molecule has 134 valence electrons. The summed E-state index contributed by atoms with van der Waals surface area (Å²) >= 11 is 0. The summed E-state index contributed by atoms with van der Waals surface area (Å²) in [4.78, 5) is 2.73. The Kier molecular flexibility index (Phi) is 5.01. The van der Waals surface area contributed by atoms with Crippen molar-refractivity contribution >= 4 is 9.84 Å². The first-order valence-electron chi connectivity index (χ1n) is 8.27. The summed E-state index contributed by atoms with van der Waals surface area (Å²) in [6, 6.07) is 10.9. The van der Waals surface area contributed by atoms with E-state index in [1.807, 2.05) is 24.3 Å². The second kappa shape index (κ2) is 7.06. The summed E-state index contributed by atoms with van der Waals surface area (Å²) in [5.41, 5.74) is 3.16. The number of aromatic hydroxyl groups is 1. The largest absolute Gasteiger partial charge is 0.504 e. The van der Waals surface area contributed by atoms with Gasteiger partial charge in [-0.2, -0.15) is 0 Å². The maximum absolute atomic E-state index is 11.9. The Labute approximate surface area is 148 Å². The van der Waals surface area contributed by atoms with E-state index in [0.29, 0.717) is 17.2 Å². The van der Waals surface area contributed by atoms with E-state index in [4.69, 9.17) is 4.74 Å². The Morgan fingerprint density at radius 2 is 2.00 bits per heavy atom. The zero-order valence-electron chi connectivity index (χ0n) is 14.5. The molecule has 0 fully saturated rings. The molecule has 0 radical (unpaired) electrons. The van der Waals surface area contributed by atoms with Gasteiger partial charge in [0.25, 0.3) is 0 Å². The van der Waals surface area contributed by atoms with Gasteiger partial charge in [0.05, 0.1) is 12.0 Å². The highest BCUT2D eigenvalue weighted by atomic mass is 32.2. The zero-order chi connectivity index (χ0) is 18.0. The molecule has 0 saturated carbocycles. The van der Waals surface area contributed by atoms with Crippen LogP contribution in [0.3, 0.4) is 0 Å². The van der Waals surface area contributed by atoms with E-state index in [0.717, 1.165) is 42.6 Å². The standard InChI is InChI=1S/C19H23NO4S/c1-24-18-11-14(8-9-17(18)21)5-4-10-20-12-15-6-3-7-19(16(15)13-20)25(2,22)23/h3,6-9,11,21H,4-5,10,12-13H2,1-2H3. The molecule has 25 heavy (non-hydrogen) atoms. The number of phenolic OH excluding ortho intramolecular Hbond substituents is 1. The monoisotopic (exact) mass is 361 g/mol. The summed E-state index contributed by atoms with van der Waals surface area (Å²) in [6.07, 6.45) is 3.10. The number of fused-ring (bicyclic) bond motifs is 1. The van der Waals surface area contributed by atoms with Crippen LogP contribution in [0.5, 0.6) is 11.5 Å². The third-order valence-corrected chi connectivity index (χ3v) is 5.77. The van der Waals surface area contributed by atoms with Crippen LogP contribution in [-0.4, -0.2) is 38.3 Å². The van der Waals surface area contributed by atoms with Crippen LogP contribution >= 0.6 is 0 Å². The fourth-order valence-corrected chi connectivity index (χ4v) is 4.32. The van der Waals surface area contributed by atoms with Crippen molar-refractivity contribution in [2.24, 2.45) is 0 Å². The van der Waals surface area contributed by atoms with Crippen LogP contribution in [0.1, 0.15) is 23.1 Å². The number of rotatable bonds is 6. The van der Waals surface area contributed by atoms with Gasteiger partial charge in [-0.05, 0) is 54.3 Å². The van der Waals surface area contributed by atoms with E-state index >= 15 is 0 Å². The maximum Gasteiger partial charge on any atom is 0.175 e. The van der Waals surface area contributed by atoms with Crippen molar-refractivity contribution in [2.75, 3.05) is 19.9 Å². The van der Waals surface area contributed by atoms with Crippen molar-refractivity contribution in [3.8, 4) is 11.5 Å². The Hall–Kier alpha value is -2.05. The number of ether oxygens (including phenoxy) is 1. The van der Waals surface area contributed by atoms with Gasteiger partial charge in [0, 0.05) is 19.3 Å². The lowest BCUT2D eigenvalue weighted by Crippen LogP contribution is -2.18. The van der Waals surface area contributed by atoms with Crippen molar-refractivity contribution in [1.82, 2.24) is 4.90 Å². The van der Waals surface area contributed by atoms with Crippen LogP contribution in [-0.2, 0) is 29.3 Å². The minimum absolute atomic E-state index is 0.148. The van der Waals surface area contributed by atoms with Crippen LogP contribution in [0.25, 0.3) is 0 Å². The summed E-state index contributed by atoms with van der Waals surface area (Å²) in [6.45, 7) is 2.36. The van der Waals surface area contributed by atoms with Gasteiger partial charge < -0.3 is 9.84 Å². The predicted octanol–water partition coefficient (Wildman–Crippen LogP) is 2.75. The molecule has 0 spiro atoms. The molecule has 2 aromatic carbocycles. The number of sulfone groups is 1. The maximum atomic E-state index is 11.9. The van der Waals surface area contributed by atoms with Gasteiger partial charge in [-0.25, -0.2) is 8.42 Å². The van der Waals surface area contributed by atoms with Crippen LogP contribution in [0.2, 0.25) is 0 Å². The fourth-order valence-electron chi connectivity index (χ4n) is 3.35. The Morgan fingerprint density at radius 3 is 2.72 bits per heavy atom. The highest BCUT2D eigenvalue weighted by Gasteiger charge is 2.24. The average molecular weight is 361 g/mol. The Bertz CT molecular complexity index is 877. The van der Waals surface area contributed by atoms with Gasteiger partial charge in [0.2, 0.25) is 0 Å². The van der Waals surface area contributed by atoms with E-state index in [9.17, 15) is 13.5 Å². The molecule has 2 aromatic rings. The first-order chi connectivity index (χ1) is 11.9. The molecule has 3 rings (SSSR count). The molecular weight excluding hydrogens is 338 g/mol. The number of nitrogens with zero attached hydrogens (tertiary/aromatic N) is 1. The second-order valence-electron chi connectivity index (χ2n) is 6.49. The normalized spacial score (nSPS) is 14.5. The van der Waals surface area contributed by atoms with E-state index in [1.165, 1.54) is 6.26 Å². The summed E-state index contributed by atoms with van der Waals surface area (Å²) in [7, 11) is -1.65. The molecular formula is C19H23NO4S. The first-order valence-corrected chi connectivity index (χ1v) is 10.2. The number of phenols is 1. The minimum Gasteiger partial charge on any atom is -0.504 e. The lowest BCUT2D eigenvalue weighted by Gasteiger charge is -2.15. The molecule has 5 nitrogen and oxygen atoms in total. The van der Waals surface area contributed by atoms with Gasteiger partial charge >= 0.3 is 0 Å². The van der Waals surface area contributed by atoms with Crippen LogP contribution in [0, 0.1) is 0 Å². The highest BCUT2D eigenvalue weighted by molar-refractivity contribution is 7.90. The third kappa shape index (κ3) is 3.96. The van der Waals surface area contributed by atoms with E-state index in [-0.39, 0.29) is 5.75 Å². The molecule has 0 amide bonds. The third-order valence-electron chi connectivity index (χ3n) is 4.59. The summed E-state index contributed by atoms with van der Waals surface area (Å²) in [5.74, 6) is 0.637. The van der Waals surface area contributed by atoms with Gasteiger partial charge in [0.15, 0.2) is 21.3 Å². The molecule has 0 unspecified atom stereocenters. The number of benzene rings is 2. The molecule has 0 aromatic heterocycles. The average Bonchev–Trinajstić information content (AvgIpc) is 2.98. The zero-order valence-corrected chi connectivity index (χ0v) is 15.3. The number of methoxy groups -OCH3 is 1. The molecule has 0 atom stereocenters. The fraction of sp³-hybridized carbons (Fsp3) is 0.368. The van der Waals surface area contributed by atoms with E-state index < -0.39 is 9.84 Å². The quantitative estimate of drug-likeness (QED) is 0.857. The lowest BCUT2D eigenvalue weighted by atomic mass is 10.1. The predicted molar refractivity (Wildman–Crippen MR) is 96.6 cm³/mol. The van der Waals surface area contributed by atoms with Crippen molar-refractivity contribution < 1.29 is 18.3 Å². The Balaban J connectivity index is 1.61. The van der Waals surface area contributed by atoms with Crippen molar-refractivity contribution in [3.63, 3.8) is 0 Å². The molecule has 0 bridgehead atoms. The van der Waals surface area contributed by atoms with Crippen LogP contribution < -0.4 is 4.74 Å². The molecule has 1 aliphatic heterocycles. The molecule has 0 aliphatic carbocycles. The van der Waals surface area contributed by atoms with Crippen molar-refractivity contribution in [3.05, 3.63) is 53.1 Å². The number of aryl methyl sites for hydroxylation is 1. The molecule has 1 aliphatic rings. The molecule has 6 heteroatoms. The van der Waals surface area contributed by atoms with Gasteiger partial charge in [-0.15, -0.1) is 0 Å². The van der Waals surface area contributed by atoms with Gasteiger partial charge in [0.1, 0.15) is 0 Å². The topological polar surface area (TPSA) is 66.8 Å². The van der Waals surface area contributed by atoms with Crippen molar-refractivity contribution in [1.29, 1.82) is 0 Å². The SMILES string of the molecule is COc1cc(CCCN2Cc3cccc(S(C)(=O)=O)c3C2)ccc1O. The van der Waals surface area contributed by atoms with E-state index in [2.05, 4.69) is 4.90 Å². The number of hydrogen-bond donors (Lipinski definition) is 1. The molecule has 1 N–H and O–H groups in total. The summed E-state index contributed by atoms with van der Waals surface area (Å²) in [5, 5.41) is 9.64. The minimum atomic E-state index is -3.19. The van der Waals surface area contributed by atoms with E-state index in [1.54, 1.807) is 19.2 Å².